The molecule has 0 rings (SSSR count). The molecule has 0 aliphatic rings. The zero-order valence-corrected chi connectivity index (χ0v) is 8.49. The van der Waals surface area contributed by atoms with E-state index in [0.717, 1.165) is 6.08 Å². The van der Waals surface area contributed by atoms with Crippen LogP contribution in [0.3, 0.4) is 0 Å². The van der Waals surface area contributed by atoms with Crippen LogP contribution in [0.5, 0.6) is 0 Å². The summed E-state index contributed by atoms with van der Waals surface area (Å²) in [5.41, 5.74) is 0. The molecule has 0 aromatic heterocycles. The molecule has 0 saturated carbocycles. The maximum Gasteiger partial charge on any atom is 0.330 e. The fraction of sp³-hybridized carbons (Fsp3) is 0.700. The molecule has 13 heavy (non-hydrogen) atoms. The van der Waals surface area contributed by atoms with Gasteiger partial charge in [-0.05, 0) is 12.8 Å². The van der Waals surface area contributed by atoms with Crippen molar-refractivity contribution in [2.24, 2.45) is 11.8 Å². The quantitative estimate of drug-likeness (QED) is 0.521. The van der Waals surface area contributed by atoms with Crippen LogP contribution in [0.4, 0.5) is 0 Å². The fourth-order valence-electron chi connectivity index (χ4n) is 1.13. The van der Waals surface area contributed by atoms with Gasteiger partial charge in [0.1, 0.15) is 0 Å². The molecule has 0 spiro atoms. The molecule has 0 aromatic carbocycles. The molecule has 1 N–H and O–H groups in total. The monoisotopic (exact) mass is 186 g/mol. The highest BCUT2D eigenvalue weighted by molar-refractivity contribution is 5.81. The normalized spacial score (nSPS) is 15.2. The van der Waals surface area contributed by atoms with Gasteiger partial charge in [-0.2, -0.15) is 0 Å². The second-order valence-electron chi connectivity index (χ2n) is 3.48. The van der Waals surface area contributed by atoms with Gasteiger partial charge in [-0.1, -0.05) is 20.4 Å². The van der Waals surface area contributed by atoms with Gasteiger partial charge in [-0.25, -0.2) is 4.79 Å². The molecule has 0 heterocycles. The summed E-state index contributed by atoms with van der Waals surface area (Å²) in [6, 6.07) is 0. The van der Waals surface area contributed by atoms with Gasteiger partial charge in [0.25, 0.3) is 0 Å². The minimum Gasteiger partial charge on any atom is -0.462 e. The van der Waals surface area contributed by atoms with Crippen LogP contribution in [0.1, 0.15) is 20.8 Å². The van der Waals surface area contributed by atoms with Crippen molar-refractivity contribution in [3.63, 3.8) is 0 Å². The Bertz CT molecular complexity index is 165. The Labute approximate surface area is 79.4 Å². The molecular formula is C10H18O3. The number of ether oxygens (including phenoxy) is 1. The molecule has 0 amide bonds. The Balaban J connectivity index is 3.97. The summed E-state index contributed by atoms with van der Waals surface area (Å²) < 4.78 is 4.86. The van der Waals surface area contributed by atoms with Crippen molar-refractivity contribution in [2.45, 2.75) is 26.9 Å². The highest BCUT2D eigenvalue weighted by Crippen LogP contribution is 2.15. The number of esters is 1. The minimum atomic E-state index is -0.461. The van der Waals surface area contributed by atoms with Gasteiger partial charge in [0, 0.05) is 12.0 Å². The van der Waals surface area contributed by atoms with E-state index in [1.807, 2.05) is 13.8 Å². The van der Waals surface area contributed by atoms with Gasteiger partial charge < -0.3 is 9.84 Å². The van der Waals surface area contributed by atoms with Gasteiger partial charge in [0.05, 0.1) is 12.7 Å². The molecule has 0 saturated heterocycles. The first-order valence-electron chi connectivity index (χ1n) is 4.46. The largest absolute Gasteiger partial charge is 0.462 e. The van der Waals surface area contributed by atoms with Crippen molar-refractivity contribution in [3.05, 3.63) is 12.7 Å². The van der Waals surface area contributed by atoms with Gasteiger partial charge in [0.15, 0.2) is 0 Å². The predicted molar refractivity (Wildman–Crippen MR) is 51.2 cm³/mol. The molecule has 0 aromatic rings. The van der Waals surface area contributed by atoms with E-state index in [0.29, 0.717) is 0 Å². The molecule has 0 bridgehead atoms. The van der Waals surface area contributed by atoms with E-state index in [1.54, 1.807) is 6.92 Å². The standard InChI is InChI=1S/C10H18O3/c1-5-10(12)13-6-9(7(2)3)8(4)11/h5,7-9,11H,1,6H2,2-4H3. The average molecular weight is 186 g/mol. The van der Waals surface area contributed by atoms with Crippen molar-refractivity contribution in [2.75, 3.05) is 6.61 Å². The van der Waals surface area contributed by atoms with Gasteiger partial charge in [-0.3, -0.25) is 0 Å². The Hall–Kier alpha value is -0.830. The van der Waals surface area contributed by atoms with E-state index in [1.165, 1.54) is 0 Å². The molecule has 2 atom stereocenters. The van der Waals surface area contributed by atoms with E-state index in [-0.39, 0.29) is 18.4 Å². The van der Waals surface area contributed by atoms with Crippen LogP contribution >= 0.6 is 0 Å². The van der Waals surface area contributed by atoms with Crippen LogP contribution in [-0.2, 0) is 9.53 Å². The topological polar surface area (TPSA) is 46.5 Å². The first-order chi connectivity index (χ1) is 5.99. The lowest BCUT2D eigenvalue weighted by Crippen LogP contribution is -2.28. The van der Waals surface area contributed by atoms with Crippen molar-refractivity contribution < 1.29 is 14.6 Å². The molecular weight excluding hydrogens is 168 g/mol. The Kier molecular flexibility index (Phi) is 5.39. The first-order valence-corrected chi connectivity index (χ1v) is 4.46. The predicted octanol–water partition coefficient (Wildman–Crippen LogP) is 1.37. The van der Waals surface area contributed by atoms with Gasteiger partial charge in [-0.15, -0.1) is 0 Å². The molecule has 0 aliphatic heterocycles. The molecule has 3 nitrogen and oxygen atoms in total. The maximum atomic E-state index is 10.7. The summed E-state index contributed by atoms with van der Waals surface area (Å²) in [6.45, 7) is 9.21. The molecule has 0 aliphatic carbocycles. The zero-order valence-electron chi connectivity index (χ0n) is 8.49. The summed E-state index contributed by atoms with van der Waals surface area (Å²) in [5, 5.41) is 9.35. The number of aliphatic hydroxyl groups excluding tert-OH is 1. The lowest BCUT2D eigenvalue weighted by molar-refractivity contribution is -0.140. The number of aliphatic hydroxyl groups is 1. The van der Waals surface area contributed by atoms with Crippen LogP contribution in [0.15, 0.2) is 12.7 Å². The highest BCUT2D eigenvalue weighted by atomic mass is 16.5. The average Bonchev–Trinajstić information content (AvgIpc) is 2.03. The maximum absolute atomic E-state index is 10.7. The summed E-state index contributed by atoms with van der Waals surface area (Å²) in [5.74, 6) is -0.159. The summed E-state index contributed by atoms with van der Waals surface area (Å²) in [6.07, 6.45) is 0.664. The molecule has 2 unspecified atom stereocenters. The van der Waals surface area contributed by atoms with E-state index in [4.69, 9.17) is 4.74 Å². The van der Waals surface area contributed by atoms with Gasteiger partial charge in [0.2, 0.25) is 0 Å². The van der Waals surface area contributed by atoms with Crippen LogP contribution in [-0.4, -0.2) is 23.8 Å². The first kappa shape index (κ1) is 12.2. The van der Waals surface area contributed by atoms with E-state index >= 15 is 0 Å². The SMILES string of the molecule is C=CC(=O)OCC(C(C)C)C(C)O. The highest BCUT2D eigenvalue weighted by Gasteiger charge is 2.20. The van der Waals surface area contributed by atoms with Crippen molar-refractivity contribution in [3.8, 4) is 0 Å². The van der Waals surface area contributed by atoms with E-state index in [9.17, 15) is 9.90 Å². The molecule has 0 radical (unpaired) electrons. The van der Waals surface area contributed by atoms with E-state index < -0.39 is 12.1 Å². The minimum absolute atomic E-state index is 0.0103. The molecule has 76 valence electrons. The van der Waals surface area contributed by atoms with Crippen molar-refractivity contribution in [1.82, 2.24) is 0 Å². The zero-order chi connectivity index (χ0) is 10.4. The van der Waals surface area contributed by atoms with Crippen LogP contribution in [0.25, 0.3) is 0 Å². The lowest BCUT2D eigenvalue weighted by atomic mass is 9.92. The van der Waals surface area contributed by atoms with Crippen molar-refractivity contribution >= 4 is 5.97 Å². The van der Waals surface area contributed by atoms with Crippen LogP contribution in [0, 0.1) is 11.8 Å². The number of carbonyl (C=O) groups excluding carboxylic acids is 1. The van der Waals surface area contributed by atoms with Crippen LogP contribution < -0.4 is 0 Å². The second-order valence-corrected chi connectivity index (χ2v) is 3.48. The number of carbonyl (C=O) groups is 1. The third-order valence-electron chi connectivity index (χ3n) is 2.06. The third kappa shape index (κ3) is 4.68. The number of hydrogen-bond donors (Lipinski definition) is 1. The third-order valence-corrected chi connectivity index (χ3v) is 2.06. The number of hydrogen-bond acceptors (Lipinski definition) is 3. The smallest absolute Gasteiger partial charge is 0.330 e. The fourth-order valence-corrected chi connectivity index (χ4v) is 1.13. The summed E-state index contributed by atoms with van der Waals surface area (Å²) in [4.78, 5) is 10.7. The van der Waals surface area contributed by atoms with Crippen LogP contribution in [0.2, 0.25) is 0 Å². The lowest BCUT2D eigenvalue weighted by Gasteiger charge is -2.22. The summed E-state index contributed by atoms with van der Waals surface area (Å²) >= 11 is 0. The Morgan fingerprint density at radius 2 is 2.08 bits per heavy atom. The second kappa shape index (κ2) is 5.75. The molecule has 3 heteroatoms. The summed E-state index contributed by atoms with van der Waals surface area (Å²) in [7, 11) is 0. The van der Waals surface area contributed by atoms with E-state index in [2.05, 4.69) is 6.58 Å². The number of rotatable bonds is 5. The van der Waals surface area contributed by atoms with Gasteiger partial charge >= 0.3 is 5.97 Å². The Morgan fingerprint density at radius 3 is 2.38 bits per heavy atom. The Morgan fingerprint density at radius 1 is 1.54 bits per heavy atom. The molecule has 0 fully saturated rings. The van der Waals surface area contributed by atoms with Crippen molar-refractivity contribution in [1.29, 1.82) is 0 Å².